The lowest BCUT2D eigenvalue weighted by atomic mass is 9.99. The van der Waals surface area contributed by atoms with Crippen molar-refractivity contribution in [3.63, 3.8) is 0 Å². The maximum absolute atomic E-state index is 12.9. The number of unbranched alkanes of at least 4 members (excludes halogenated alkanes) is 25. The van der Waals surface area contributed by atoms with Gasteiger partial charge >= 0.3 is 5.97 Å². The SMILES string of the molecule is C/C=C/CC/C=C/CC/C=C/C(O)C(COC1OC(CO)C(O)C(O)C1O)NC(=O)CCCCCCC/C=C\CCCCOC(=O)CCCCCCCCCCCCCCCCCCC. The Hall–Kier alpha value is -2.38. The van der Waals surface area contributed by atoms with Crippen LogP contribution in [0.3, 0.4) is 0 Å². The monoisotopic (exact) mass is 920 g/mol. The number of carbonyl (C=O) groups is 2. The highest BCUT2D eigenvalue weighted by Crippen LogP contribution is 2.23. The van der Waals surface area contributed by atoms with Gasteiger partial charge in [-0.05, 0) is 77.6 Å². The van der Waals surface area contributed by atoms with E-state index in [0.29, 0.717) is 32.3 Å². The van der Waals surface area contributed by atoms with E-state index >= 15 is 0 Å². The van der Waals surface area contributed by atoms with Crippen LogP contribution in [-0.2, 0) is 23.8 Å². The summed E-state index contributed by atoms with van der Waals surface area (Å²) in [6.45, 7) is 3.97. The van der Waals surface area contributed by atoms with Gasteiger partial charge in [0.1, 0.15) is 24.4 Å². The smallest absolute Gasteiger partial charge is 0.305 e. The number of aliphatic hydroxyl groups excluding tert-OH is 5. The first-order valence-electron chi connectivity index (χ1n) is 26.4. The Labute approximate surface area is 396 Å². The minimum Gasteiger partial charge on any atom is -0.466 e. The molecule has 1 rings (SSSR count). The van der Waals surface area contributed by atoms with E-state index in [9.17, 15) is 35.1 Å². The summed E-state index contributed by atoms with van der Waals surface area (Å²) in [6.07, 6.45) is 43.7. The summed E-state index contributed by atoms with van der Waals surface area (Å²) in [6, 6.07) is -0.854. The van der Waals surface area contributed by atoms with Crippen LogP contribution in [0.1, 0.15) is 219 Å². The molecule has 0 aromatic carbocycles. The van der Waals surface area contributed by atoms with Crippen LogP contribution in [0.2, 0.25) is 0 Å². The molecule has 1 aliphatic rings. The number of carbonyl (C=O) groups excluding carboxylic acids is 2. The third-order valence-electron chi connectivity index (χ3n) is 12.2. The lowest BCUT2D eigenvalue weighted by Crippen LogP contribution is -2.60. The number of hydrogen-bond acceptors (Lipinski definition) is 10. The molecule has 0 aromatic rings. The number of hydrogen-bond donors (Lipinski definition) is 6. The second-order valence-electron chi connectivity index (χ2n) is 18.2. The predicted molar refractivity (Wildman–Crippen MR) is 264 cm³/mol. The predicted octanol–water partition coefficient (Wildman–Crippen LogP) is 10.9. The van der Waals surface area contributed by atoms with E-state index < -0.39 is 49.5 Å². The zero-order valence-electron chi connectivity index (χ0n) is 41.2. The molecule has 11 heteroatoms. The fourth-order valence-corrected chi connectivity index (χ4v) is 8.00. The van der Waals surface area contributed by atoms with Crippen molar-refractivity contribution < 1.29 is 49.3 Å². The summed E-state index contributed by atoms with van der Waals surface area (Å²) >= 11 is 0. The number of allylic oxidation sites excluding steroid dienone is 7. The largest absolute Gasteiger partial charge is 0.466 e. The highest BCUT2D eigenvalue weighted by Gasteiger charge is 2.44. The molecule has 7 unspecified atom stereocenters. The Balaban J connectivity index is 2.13. The van der Waals surface area contributed by atoms with Gasteiger partial charge in [-0.15, -0.1) is 0 Å². The van der Waals surface area contributed by atoms with E-state index in [-0.39, 0.29) is 18.5 Å². The van der Waals surface area contributed by atoms with Gasteiger partial charge in [0.05, 0.1) is 32.0 Å². The molecule has 378 valence electrons. The number of esters is 1. The molecule has 0 bridgehead atoms. The van der Waals surface area contributed by atoms with Gasteiger partial charge in [0.25, 0.3) is 0 Å². The molecule has 0 aliphatic carbocycles. The van der Waals surface area contributed by atoms with Gasteiger partial charge in [-0.25, -0.2) is 0 Å². The Bertz CT molecular complexity index is 1220. The first-order valence-corrected chi connectivity index (χ1v) is 26.4. The summed E-state index contributed by atoms with van der Waals surface area (Å²) in [5.74, 6) is -0.286. The summed E-state index contributed by atoms with van der Waals surface area (Å²) in [4.78, 5) is 25.0. The molecule has 1 amide bonds. The topological polar surface area (TPSA) is 175 Å². The van der Waals surface area contributed by atoms with Crippen molar-refractivity contribution in [2.75, 3.05) is 19.8 Å². The van der Waals surface area contributed by atoms with Gasteiger partial charge < -0.3 is 45.1 Å². The lowest BCUT2D eigenvalue weighted by molar-refractivity contribution is -0.302. The maximum Gasteiger partial charge on any atom is 0.305 e. The Morgan fingerprint density at radius 3 is 1.62 bits per heavy atom. The van der Waals surface area contributed by atoms with Crippen LogP contribution in [0, 0.1) is 0 Å². The van der Waals surface area contributed by atoms with Gasteiger partial charge in [-0.3, -0.25) is 9.59 Å². The van der Waals surface area contributed by atoms with Gasteiger partial charge in [-0.2, -0.15) is 0 Å². The van der Waals surface area contributed by atoms with E-state index in [0.717, 1.165) is 83.5 Å². The molecule has 0 aromatic heterocycles. The van der Waals surface area contributed by atoms with Crippen molar-refractivity contribution >= 4 is 11.9 Å². The molecular formula is C54H97NO10. The zero-order chi connectivity index (χ0) is 47.4. The molecule has 1 fully saturated rings. The van der Waals surface area contributed by atoms with E-state index in [4.69, 9.17) is 14.2 Å². The minimum absolute atomic E-state index is 0.0567. The summed E-state index contributed by atoms with van der Waals surface area (Å²) in [7, 11) is 0. The second kappa shape index (κ2) is 44.1. The molecule has 0 saturated carbocycles. The van der Waals surface area contributed by atoms with Crippen molar-refractivity contribution in [2.45, 2.75) is 262 Å². The molecule has 1 saturated heterocycles. The Kier molecular flexibility index (Phi) is 41.2. The Morgan fingerprint density at radius 1 is 0.585 bits per heavy atom. The number of ether oxygens (including phenoxy) is 3. The second-order valence-corrected chi connectivity index (χ2v) is 18.2. The van der Waals surface area contributed by atoms with E-state index in [2.05, 4.69) is 42.6 Å². The standard InChI is InChI=1S/C54H97NO10/c1-3-5-7-9-11-13-14-15-16-17-18-19-22-26-30-34-38-42-50(59)63-43-39-35-31-27-23-20-21-25-29-33-37-41-49(58)55-46(47(57)40-36-32-28-24-12-10-8-6-4-2)45-64-54-53(62)52(61)51(60)48(44-56)65-54/h4,6,12,23-24,27,36,40,46-48,51-54,56-57,60-62H,3,5,7-11,13-22,25-26,28-35,37-39,41-45H2,1-2H3,(H,55,58)/b6-4+,24-12+,27-23-,40-36+. The van der Waals surface area contributed by atoms with Crippen LogP contribution in [0.5, 0.6) is 0 Å². The minimum atomic E-state index is -1.59. The molecule has 1 aliphatic heterocycles. The molecule has 65 heavy (non-hydrogen) atoms. The van der Waals surface area contributed by atoms with E-state index in [1.807, 2.05) is 19.1 Å². The first kappa shape index (κ1) is 60.6. The molecule has 6 N–H and O–H groups in total. The van der Waals surface area contributed by atoms with Crippen molar-refractivity contribution in [3.05, 3.63) is 48.6 Å². The van der Waals surface area contributed by atoms with Crippen molar-refractivity contribution in [1.82, 2.24) is 5.32 Å². The quantitative estimate of drug-likeness (QED) is 0.0196. The van der Waals surface area contributed by atoms with Crippen LogP contribution < -0.4 is 5.32 Å². The van der Waals surface area contributed by atoms with Crippen molar-refractivity contribution in [1.29, 1.82) is 0 Å². The summed E-state index contributed by atoms with van der Waals surface area (Å²) in [5, 5.41) is 54.0. The molecule has 0 spiro atoms. The fraction of sp³-hybridized carbons (Fsp3) is 0.815. The number of amides is 1. The summed E-state index contributed by atoms with van der Waals surface area (Å²) in [5.41, 5.74) is 0. The van der Waals surface area contributed by atoms with Crippen molar-refractivity contribution in [2.24, 2.45) is 0 Å². The fourth-order valence-electron chi connectivity index (χ4n) is 8.00. The van der Waals surface area contributed by atoms with Crippen LogP contribution in [0.25, 0.3) is 0 Å². The third-order valence-corrected chi connectivity index (χ3v) is 12.2. The number of aliphatic hydroxyl groups is 5. The van der Waals surface area contributed by atoms with Gasteiger partial charge in [-0.1, -0.05) is 178 Å². The Morgan fingerprint density at radius 2 is 1.06 bits per heavy atom. The molecule has 1 heterocycles. The van der Waals surface area contributed by atoms with Gasteiger partial charge in [0.15, 0.2) is 6.29 Å². The van der Waals surface area contributed by atoms with E-state index in [1.54, 1.807) is 6.08 Å². The highest BCUT2D eigenvalue weighted by atomic mass is 16.7. The van der Waals surface area contributed by atoms with Crippen LogP contribution in [0.15, 0.2) is 48.6 Å². The van der Waals surface area contributed by atoms with Crippen molar-refractivity contribution in [3.8, 4) is 0 Å². The average Bonchev–Trinajstić information content (AvgIpc) is 3.30. The highest BCUT2D eigenvalue weighted by molar-refractivity contribution is 5.76. The molecule has 11 nitrogen and oxygen atoms in total. The first-order chi connectivity index (χ1) is 31.7. The maximum atomic E-state index is 12.9. The van der Waals surface area contributed by atoms with Crippen LogP contribution >= 0.6 is 0 Å². The lowest BCUT2D eigenvalue weighted by Gasteiger charge is -2.40. The number of rotatable bonds is 44. The van der Waals surface area contributed by atoms with Crippen LogP contribution in [0.4, 0.5) is 0 Å². The molecule has 0 radical (unpaired) electrons. The van der Waals surface area contributed by atoms with Gasteiger partial charge in [0.2, 0.25) is 5.91 Å². The average molecular weight is 920 g/mol. The van der Waals surface area contributed by atoms with Crippen LogP contribution in [-0.4, -0.2) is 100 Å². The molecule has 7 atom stereocenters. The van der Waals surface area contributed by atoms with Gasteiger partial charge in [0, 0.05) is 12.8 Å². The number of nitrogens with one attached hydrogen (secondary N) is 1. The normalized spacial score (nSPS) is 20.1. The molecular weight excluding hydrogens is 823 g/mol. The zero-order valence-corrected chi connectivity index (χ0v) is 41.2. The third kappa shape index (κ3) is 34.6. The summed E-state index contributed by atoms with van der Waals surface area (Å²) < 4.78 is 16.6. The van der Waals surface area contributed by atoms with E-state index in [1.165, 1.54) is 96.3 Å².